The molecule has 1 amide bonds. The third-order valence-electron chi connectivity index (χ3n) is 3.66. The van der Waals surface area contributed by atoms with E-state index in [1.54, 1.807) is 22.7 Å². The van der Waals surface area contributed by atoms with Crippen molar-refractivity contribution < 1.29 is 4.79 Å². The zero-order valence-corrected chi connectivity index (χ0v) is 13.0. The number of nitrogens with zero attached hydrogens (tertiary/aromatic N) is 1. The topological polar surface area (TPSA) is 32.3 Å². The van der Waals surface area contributed by atoms with E-state index in [0.29, 0.717) is 0 Å². The minimum atomic E-state index is 0.111. The fourth-order valence-electron chi connectivity index (χ4n) is 2.65. The molecule has 3 nitrogen and oxygen atoms in total. The van der Waals surface area contributed by atoms with Gasteiger partial charge in [0.1, 0.15) is 0 Å². The molecule has 0 bridgehead atoms. The summed E-state index contributed by atoms with van der Waals surface area (Å²) in [6.45, 7) is 1.66. The molecule has 0 saturated carbocycles. The van der Waals surface area contributed by atoms with Crippen molar-refractivity contribution in [3.8, 4) is 0 Å². The van der Waals surface area contributed by atoms with Crippen LogP contribution in [0.1, 0.15) is 16.1 Å². The molecular formula is C16H14N2OS2. The molecule has 0 aliphatic carbocycles. The van der Waals surface area contributed by atoms with Crippen LogP contribution in [0.2, 0.25) is 0 Å². The number of carbonyl (C=O) groups is 1. The largest absolute Gasteiger partial charge is 0.383 e. The summed E-state index contributed by atoms with van der Waals surface area (Å²) in [5.41, 5.74) is 2.03. The molecule has 21 heavy (non-hydrogen) atoms. The number of rotatable bonds is 1. The van der Waals surface area contributed by atoms with Crippen LogP contribution in [0.15, 0.2) is 41.8 Å². The van der Waals surface area contributed by atoms with E-state index in [2.05, 4.69) is 16.8 Å². The maximum atomic E-state index is 12.9. The molecule has 3 heterocycles. The van der Waals surface area contributed by atoms with Gasteiger partial charge in [-0.15, -0.1) is 22.7 Å². The molecule has 106 valence electrons. The first-order valence-electron chi connectivity index (χ1n) is 6.95. The first-order valence-corrected chi connectivity index (χ1v) is 8.64. The summed E-state index contributed by atoms with van der Waals surface area (Å²) in [6, 6.07) is 12.1. The fraction of sp³-hybridized carbons (Fsp3) is 0.188. The van der Waals surface area contributed by atoms with E-state index in [4.69, 9.17) is 0 Å². The lowest BCUT2D eigenvalue weighted by atomic mass is 10.2. The predicted octanol–water partition coefficient (Wildman–Crippen LogP) is 4.43. The lowest BCUT2D eigenvalue weighted by Gasteiger charge is -2.21. The molecule has 1 aliphatic rings. The van der Waals surface area contributed by atoms with Gasteiger partial charge in [0.05, 0.1) is 16.3 Å². The van der Waals surface area contributed by atoms with Gasteiger partial charge in [-0.2, -0.15) is 0 Å². The summed E-state index contributed by atoms with van der Waals surface area (Å²) >= 11 is 3.28. The number of amides is 1. The van der Waals surface area contributed by atoms with Crippen LogP contribution in [0.4, 0.5) is 11.4 Å². The van der Waals surface area contributed by atoms with E-state index in [9.17, 15) is 4.79 Å². The molecule has 1 aromatic carbocycles. The monoisotopic (exact) mass is 314 g/mol. The molecule has 0 radical (unpaired) electrons. The molecule has 5 heteroatoms. The lowest BCUT2D eigenvalue weighted by molar-refractivity contribution is 0.0991. The minimum absolute atomic E-state index is 0.111. The molecule has 0 spiro atoms. The molecular weight excluding hydrogens is 300 g/mol. The van der Waals surface area contributed by atoms with E-state index in [1.807, 2.05) is 35.2 Å². The predicted molar refractivity (Wildman–Crippen MR) is 90.9 cm³/mol. The number of hydrogen-bond acceptors (Lipinski definition) is 4. The smallest absolute Gasteiger partial charge is 0.268 e. The number of para-hydroxylation sites is 2. The van der Waals surface area contributed by atoms with Crippen LogP contribution in [0.3, 0.4) is 0 Å². The van der Waals surface area contributed by atoms with Crippen LogP contribution in [-0.4, -0.2) is 19.0 Å². The highest BCUT2D eigenvalue weighted by Crippen LogP contribution is 2.34. The summed E-state index contributed by atoms with van der Waals surface area (Å²) in [5.74, 6) is 0.111. The Labute approximate surface area is 130 Å². The molecule has 3 aromatic rings. The van der Waals surface area contributed by atoms with Crippen molar-refractivity contribution in [3.05, 3.63) is 46.7 Å². The Balaban J connectivity index is 1.75. The standard InChI is InChI=1S/C16H14N2OS2/c19-16(15-10-14-13(21-15)6-9-20-14)18-8-3-7-17-11-4-1-2-5-12(11)18/h1-2,4-6,9-10,17H,3,7-8H2. The Morgan fingerprint density at radius 2 is 2.10 bits per heavy atom. The van der Waals surface area contributed by atoms with Crippen molar-refractivity contribution in [1.82, 2.24) is 0 Å². The average Bonchev–Trinajstić information content (AvgIpc) is 3.02. The second kappa shape index (κ2) is 5.16. The second-order valence-corrected chi connectivity index (χ2v) is 7.05. The van der Waals surface area contributed by atoms with E-state index >= 15 is 0 Å². The summed E-state index contributed by atoms with van der Waals surface area (Å²) in [6.07, 6.45) is 0.958. The van der Waals surface area contributed by atoms with Crippen LogP contribution >= 0.6 is 22.7 Å². The Kier molecular flexibility index (Phi) is 3.16. The number of fused-ring (bicyclic) bond motifs is 2. The summed E-state index contributed by atoms with van der Waals surface area (Å²) in [4.78, 5) is 15.6. The number of nitrogens with one attached hydrogen (secondary N) is 1. The van der Waals surface area contributed by atoms with Crippen LogP contribution in [0.5, 0.6) is 0 Å². The molecule has 0 saturated heterocycles. The van der Waals surface area contributed by atoms with Crippen molar-refractivity contribution in [1.29, 1.82) is 0 Å². The van der Waals surface area contributed by atoms with E-state index in [0.717, 1.165) is 35.8 Å². The molecule has 1 aliphatic heterocycles. The summed E-state index contributed by atoms with van der Waals surface area (Å²) in [5, 5.41) is 5.46. The number of anilines is 2. The van der Waals surface area contributed by atoms with Gasteiger partial charge in [-0.3, -0.25) is 4.79 Å². The van der Waals surface area contributed by atoms with E-state index in [-0.39, 0.29) is 5.91 Å². The van der Waals surface area contributed by atoms with Crippen molar-refractivity contribution in [2.24, 2.45) is 0 Å². The van der Waals surface area contributed by atoms with Gasteiger partial charge < -0.3 is 10.2 Å². The molecule has 2 aromatic heterocycles. The van der Waals surface area contributed by atoms with E-state index in [1.165, 1.54) is 9.40 Å². The Bertz CT molecular complexity index is 777. The number of thiophene rings is 2. The zero-order valence-electron chi connectivity index (χ0n) is 11.3. The highest BCUT2D eigenvalue weighted by atomic mass is 32.1. The quantitative estimate of drug-likeness (QED) is 0.721. The van der Waals surface area contributed by atoms with Crippen LogP contribution in [-0.2, 0) is 0 Å². The normalized spacial score (nSPS) is 14.6. The molecule has 0 fully saturated rings. The van der Waals surface area contributed by atoms with Gasteiger partial charge in [-0.1, -0.05) is 12.1 Å². The van der Waals surface area contributed by atoms with Crippen molar-refractivity contribution in [2.45, 2.75) is 6.42 Å². The van der Waals surface area contributed by atoms with Crippen LogP contribution in [0.25, 0.3) is 9.40 Å². The second-order valence-electron chi connectivity index (χ2n) is 5.01. The fourth-order valence-corrected chi connectivity index (χ4v) is 4.71. The maximum absolute atomic E-state index is 12.9. The van der Waals surface area contributed by atoms with Gasteiger partial charge in [0.25, 0.3) is 5.91 Å². The average molecular weight is 314 g/mol. The highest BCUT2D eigenvalue weighted by Gasteiger charge is 2.23. The molecule has 4 rings (SSSR count). The minimum Gasteiger partial charge on any atom is -0.383 e. The maximum Gasteiger partial charge on any atom is 0.268 e. The number of hydrogen-bond donors (Lipinski definition) is 1. The third kappa shape index (κ3) is 2.22. The van der Waals surface area contributed by atoms with Crippen LogP contribution < -0.4 is 10.2 Å². The third-order valence-corrected chi connectivity index (χ3v) is 5.75. The summed E-state index contributed by atoms with van der Waals surface area (Å²) < 4.78 is 2.40. The van der Waals surface area contributed by atoms with Crippen molar-refractivity contribution >= 4 is 49.4 Å². The van der Waals surface area contributed by atoms with Crippen molar-refractivity contribution in [3.63, 3.8) is 0 Å². The Hall–Kier alpha value is -1.85. The van der Waals surface area contributed by atoms with E-state index < -0.39 is 0 Å². The summed E-state index contributed by atoms with van der Waals surface area (Å²) in [7, 11) is 0. The highest BCUT2D eigenvalue weighted by molar-refractivity contribution is 7.27. The van der Waals surface area contributed by atoms with Crippen molar-refractivity contribution in [2.75, 3.05) is 23.3 Å². The Morgan fingerprint density at radius 3 is 3.00 bits per heavy atom. The molecule has 1 N–H and O–H groups in total. The molecule has 0 atom stereocenters. The Morgan fingerprint density at radius 1 is 1.19 bits per heavy atom. The van der Waals surface area contributed by atoms with Gasteiger partial charge in [0.15, 0.2) is 0 Å². The SMILES string of the molecule is O=C(c1cc2sccc2s1)N1CCCNc2ccccc21. The van der Waals surface area contributed by atoms with Crippen LogP contribution in [0, 0.1) is 0 Å². The van der Waals surface area contributed by atoms with Gasteiger partial charge in [-0.05, 0) is 36.1 Å². The van der Waals surface area contributed by atoms with Gasteiger partial charge in [-0.25, -0.2) is 0 Å². The molecule has 0 unspecified atom stereocenters. The first-order chi connectivity index (χ1) is 10.3. The number of benzene rings is 1. The first kappa shape index (κ1) is 12.9. The number of carbonyl (C=O) groups excluding carboxylic acids is 1. The van der Waals surface area contributed by atoms with Gasteiger partial charge in [0.2, 0.25) is 0 Å². The van der Waals surface area contributed by atoms with Gasteiger partial charge >= 0.3 is 0 Å². The lowest BCUT2D eigenvalue weighted by Crippen LogP contribution is -2.30. The zero-order chi connectivity index (χ0) is 14.2. The van der Waals surface area contributed by atoms with Gasteiger partial charge in [0, 0.05) is 22.5 Å².